The molecule has 0 heterocycles. The summed E-state index contributed by atoms with van der Waals surface area (Å²) in [5, 5.41) is 3.67. The lowest BCUT2D eigenvalue weighted by Gasteiger charge is -2.27. The third kappa shape index (κ3) is 4.32. The summed E-state index contributed by atoms with van der Waals surface area (Å²) in [4.78, 5) is 0. The molecule has 0 radical (unpaired) electrons. The highest BCUT2D eigenvalue weighted by molar-refractivity contribution is 5.29. The third-order valence-corrected chi connectivity index (χ3v) is 4.29. The largest absolute Gasteiger partial charge is 0.382 e. The highest BCUT2D eigenvalue weighted by Gasteiger charge is 2.20. The van der Waals surface area contributed by atoms with Gasteiger partial charge in [0, 0.05) is 19.3 Å². The van der Waals surface area contributed by atoms with Gasteiger partial charge in [0.15, 0.2) is 0 Å². The maximum atomic E-state index is 5.54. The standard InChI is InChI=1S/C18H29NO/c1-3-12-19-18(11-13-20-4-2)17-10-6-9-16(14-17)15-7-5-8-15/h6,9-10,14-15,18-19H,3-5,7-8,11-13H2,1-2H3. The summed E-state index contributed by atoms with van der Waals surface area (Å²) in [7, 11) is 0. The van der Waals surface area contributed by atoms with Crippen molar-refractivity contribution in [1.82, 2.24) is 5.32 Å². The Morgan fingerprint density at radius 3 is 2.80 bits per heavy atom. The second-order valence-corrected chi connectivity index (χ2v) is 5.79. The molecule has 1 aromatic carbocycles. The van der Waals surface area contributed by atoms with E-state index in [-0.39, 0.29) is 0 Å². The number of ether oxygens (including phenoxy) is 1. The number of rotatable bonds is 9. The number of benzene rings is 1. The maximum Gasteiger partial charge on any atom is 0.0484 e. The fourth-order valence-electron chi connectivity index (χ4n) is 2.82. The summed E-state index contributed by atoms with van der Waals surface area (Å²) in [6.45, 7) is 7.00. The Labute approximate surface area is 123 Å². The van der Waals surface area contributed by atoms with E-state index in [9.17, 15) is 0 Å². The van der Waals surface area contributed by atoms with Gasteiger partial charge in [0.1, 0.15) is 0 Å². The van der Waals surface area contributed by atoms with E-state index in [4.69, 9.17) is 4.74 Å². The first-order valence-corrected chi connectivity index (χ1v) is 8.26. The van der Waals surface area contributed by atoms with Crippen LogP contribution in [-0.4, -0.2) is 19.8 Å². The molecule has 1 aliphatic rings. The minimum Gasteiger partial charge on any atom is -0.382 e. The molecule has 1 saturated carbocycles. The maximum absolute atomic E-state index is 5.54. The molecule has 20 heavy (non-hydrogen) atoms. The molecule has 1 fully saturated rings. The first-order valence-electron chi connectivity index (χ1n) is 8.26. The molecule has 1 N–H and O–H groups in total. The molecule has 2 heteroatoms. The minimum absolute atomic E-state index is 0.432. The van der Waals surface area contributed by atoms with Gasteiger partial charge in [-0.3, -0.25) is 0 Å². The van der Waals surface area contributed by atoms with Crippen molar-refractivity contribution in [3.63, 3.8) is 0 Å². The van der Waals surface area contributed by atoms with Crippen LogP contribution in [0.1, 0.15) is 69.0 Å². The van der Waals surface area contributed by atoms with Gasteiger partial charge in [-0.15, -0.1) is 0 Å². The van der Waals surface area contributed by atoms with Gasteiger partial charge in [0.2, 0.25) is 0 Å². The molecule has 2 rings (SSSR count). The van der Waals surface area contributed by atoms with Gasteiger partial charge in [0.25, 0.3) is 0 Å². The van der Waals surface area contributed by atoms with E-state index in [1.165, 1.54) is 36.8 Å². The Balaban J connectivity index is 2.01. The van der Waals surface area contributed by atoms with Crippen molar-refractivity contribution in [3.8, 4) is 0 Å². The van der Waals surface area contributed by atoms with Crippen molar-refractivity contribution in [3.05, 3.63) is 35.4 Å². The third-order valence-electron chi connectivity index (χ3n) is 4.29. The second-order valence-electron chi connectivity index (χ2n) is 5.79. The molecule has 1 unspecified atom stereocenters. The van der Waals surface area contributed by atoms with Crippen LogP contribution in [0.25, 0.3) is 0 Å². The monoisotopic (exact) mass is 275 g/mol. The highest BCUT2D eigenvalue weighted by atomic mass is 16.5. The Bertz CT molecular complexity index is 387. The van der Waals surface area contributed by atoms with Gasteiger partial charge in [-0.1, -0.05) is 37.6 Å². The van der Waals surface area contributed by atoms with Crippen LogP contribution in [0.5, 0.6) is 0 Å². The zero-order valence-electron chi connectivity index (χ0n) is 13.0. The van der Waals surface area contributed by atoms with Gasteiger partial charge < -0.3 is 10.1 Å². The Hall–Kier alpha value is -0.860. The Morgan fingerprint density at radius 1 is 1.30 bits per heavy atom. The molecule has 1 atom stereocenters. The topological polar surface area (TPSA) is 21.3 Å². The molecule has 0 amide bonds. The smallest absolute Gasteiger partial charge is 0.0484 e. The van der Waals surface area contributed by atoms with Crippen molar-refractivity contribution in [2.24, 2.45) is 0 Å². The van der Waals surface area contributed by atoms with Crippen LogP contribution in [0.2, 0.25) is 0 Å². The molecule has 0 aromatic heterocycles. The normalized spacial score (nSPS) is 16.9. The van der Waals surface area contributed by atoms with Crippen LogP contribution in [0, 0.1) is 0 Å². The summed E-state index contributed by atoms with van der Waals surface area (Å²) in [5.41, 5.74) is 2.97. The lowest BCUT2D eigenvalue weighted by molar-refractivity contribution is 0.136. The second kappa shape index (κ2) is 8.43. The summed E-state index contributed by atoms with van der Waals surface area (Å²) >= 11 is 0. The molecule has 1 aromatic rings. The van der Waals surface area contributed by atoms with Crippen LogP contribution in [0.4, 0.5) is 0 Å². The molecule has 2 nitrogen and oxygen atoms in total. The molecular weight excluding hydrogens is 246 g/mol. The van der Waals surface area contributed by atoms with Gasteiger partial charge >= 0.3 is 0 Å². The van der Waals surface area contributed by atoms with Crippen molar-refractivity contribution in [1.29, 1.82) is 0 Å². The molecule has 0 saturated heterocycles. The van der Waals surface area contributed by atoms with Crippen LogP contribution < -0.4 is 5.32 Å². The molecule has 112 valence electrons. The lowest BCUT2D eigenvalue weighted by Crippen LogP contribution is -2.24. The van der Waals surface area contributed by atoms with Gasteiger partial charge in [0.05, 0.1) is 0 Å². The van der Waals surface area contributed by atoms with E-state index in [0.29, 0.717) is 6.04 Å². The van der Waals surface area contributed by atoms with E-state index in [0.717, 1.165) is 32.1 Å². The number of hydrogen-bond acceptors (Lipinski definition) is 2. The zero-order chi connectivity index (χ0) is 14.2. The van der Waals surface area contributed by atoms with Crippen LogP contribution in [0.15, 0.2) is 24.3 Å². The average Bonchev–Trinajstić information content (AvgIpc) is 2.41. The first-order chi connectivity index (χ1) is 9.85. The van der Waals surface area contributed by atoms with Crippen molar-refractivity contribution in [2.75, 3.05) is 19.8 Å². The minimum atomic E-state index is 0.432. The number of hydrogen-bond donors (Lipinski definition) is 1. The van der Waals surface area contributed by atoms with Gasteiger partial charge in [-0.2, -0.15) is 0 Å². The molecule has 1 aliphatic carbocycles. The lowest BCUT2D eigenvalue weighted by atomic mass is 9.79. The number of nitrogens with one attached hydrogen (secondary N) is 1. The molecule has 0 aliphatic heterocycles. The van der Waals surface area contributed by atoms with E-state index in [2.05, 4.69) is 43.4 Å². The summed E-state index contributed by atoms with van der Waals surface area (Å²) in [5.74, 6) is 0.814. The predicted molar refractivity (Wildman–Crippen MR) is 85.2 cm³/mol. The SMILES string of the molecule is CCCNC(CCOCC)c1cccc(C2CCC2)c1. The van der Waals surface area contributed by atoms with Gasteiger partial charge in [-0.25, -0.2) is 0 Å². The van der Waals surface area contributed by atoms with E-state index < -0.39 is 0 Å². The summed E-state index contributed by atoms with van der Waals surface area (Å²) in [6, 6.07) is 9.64. The summed E-state index contributed by atoms with van der Waals surface area (Å²) < 4.78 is 5.54. The van der Waals surface area contributed by atoms with E-state index in [1.807, 2.05) is 0 Å². The van der Waals surface area contributed by atoms with E-state index >= 15 is 0 Å². The van der Waals surface area contributed by atoms with Gasteiger partial charge in [-0.05, 0) is 56.2 Å². The van der Waals surface area contributed by atoms with Crippen molar-refractivity contribution in [2.45, 2.75) is 57.9 Å². The average molecular weight is 275 g/mol. The highest BCUT2D eigenvalue weighted by Crippen LogP contribution is 2.37. The fraction of sp³-hybridized carbons (Fsp3) is 0.667. The first kappa shape index (κ1) is 15.5. The van der Waals surface area contributed by atoms with Crippen LogP contribution in [0.3, 0.4) is 0 Å². The van der Waals surface area contributed by atoms with E-state index in [1.54, 1.807) is 0 Å². The Morgan fingerprint density at radius 2 is 2.15 bits per heavy atom. The zero-order valence-corrected chi connectivity index (χ0v) is 13.0. The van der Waals surface area contributed by atoms with Crippen molar-refractivity contribution >= 4 is 0 Å². The fourth-order valence-corrected chi connectivity index (χ4v) is 2.82. The van der Waals surface area contributed by atoms with Crippen LogP contribution in [-0.2, 0) is 4.74 Å². The molecule has 0 spiro atoms. The quantitative estimate of drug-likeness (QED) is 0.674. The van der Waals surface area contributed by atoms with Crippen molar-refractivity contribution < 1.29 is 4.74 Å². The summed E-state index contributed by atoms with van der Waals surface area (Å²) in [6.07, 6.45) is 6.37. The Kier molecular flexibility index (Phi) is 6.55. The molecule has 0 bridgehead atoms. The predicted octanol–water partition coefficient (Wildman–Crippen LogP) is 4.42. The molecular formula is C18H29NO. The van der Waals surface area contributed by atoms with Crippen LogP contribution >= 0.6 is 0 Å².